The molecular formula is C26H25N3O2S. The minimum absolute atomic E-state index is 0.137. The van der Waals surface area contributed by atoms with E-state index < -0.39 is 0 Å². The highest BCUT2D eigenvalue weighted by molar-refractivity contribution is 7.99. The normalized spacial score (nSPS) is 11.0. The maximum Gasteiger partial charge on any atom is 0.266 e. The highest BCUT2D eigenvalue weighted by atomic mass is 32.2. The van der Waals surface area contributed by atoms with Crippen LogP contribution in [0.2, 0.25) is 0 Å². The van der Waals surface area contributed by atoms with E-state index in [-0.39, 0.29) is 17.2 Å². The summed E-state index contributed by atoms with van der Waals surface area (Å²) < 4.78 is 1.63. The van der Waals surface area contributed by atoms with E-state index in [9.17, 15) is 9.59 Å². The Morgan fingerprint density at radius 2 is 1.56 bits per heavy atom. The number of fused-ring (bicyclic) bond motifs is 1. The molecule has 0 aliphatic rings. The maximum absolute atomic E-state index is 13.4. The van der Waals surface area contributed by atoms with Crippen molar-refractivity contribution in [1.29, 1.82) is 0 Å². The predicted octanol–water partition coefficient (Wildman–Crippen LogP) is 5.35. The second-order valence-corrected chi connectivity index (χ2v) is 8.82. The lowest BCUT2D eigenvalue weighted by Crippen LogP contribution is -2.24. The number of hydrogen-bond acceptors (Lipinski definition) is 4. The zero-order valence-corrected chi connectivity index (χ0v) is 19.4. The molecule has 0 atom stereocenters. The van der Waals surface area contributed by atoms with E-state index in [1.165, 1.54) is 11.8 Å². The van der Waals surface area contributed by atoms with Gasteiger partial charge >= 0.3 is 0 Å². The van der Waals surface area contributed by atoms with Crippen molar-refractivity contribution in [2.45, 2.75) is 32.9 Å². The summed E-state index contributed by atoms with van der Waals surface area (Å²) in [7, 11) is 0. The van der Waals surface area contributed by atoms with Crippen LogP contribution in [0.3, 0.4) is 0 Å². The van der Waals surface area contributed by atoms with Crippen LogP contribution in [0.5, 0.6) is 0 Å². The molecule has 1 N–H and O–H groups in total. The number of carbonyl (C=O) groups excluding carboxylic acids is 1. The van der Waals surface area contributed by atoms with Gasteiger partial charge in [-0.2, -0.15) is 0 Å². The van der Waals surface area contributed by atoms with E-state index in [0.717, 1.165) is 33.6 Å². The predicted molar refractivity (Wildman–Crippen MR) is 132 cm³/mol. The molecule has 0 fully saturated rings. The zero-order valence-electron chi connectivity index (χ0n) is 18.6. The van der Waals surface area contributed by atoms with Gasteiger partial charge in [0.15, 0.2) is 5.16 Å². The molecule has 1 aromatic heterocycles. The van der Waals surface area contributed by atoms with E-state index in [4.69, 9.17) is 4.98 Å². The molecule has 162 valence electrons. The molecule has 5 nitrogen and oxygen atoms in total. The summed E-state index contributed by atoms with van der Waals surface area (Å²) in [4.78, 5) is 31.0. The summed E-state index contributed by atoms with van der Waals surface area (Å²) in [5.74, 6) is 0.00554. The number of amides is 1. The van der Waals surface area contributed by atoms with E-state index >= 15 is 0 Å². The zero-order chi connectivity index (χ0) is 22.8. The Kier molecular flexibility index (Phi) is 6.15. The smallest absolute Gasteiger partial charge is 0.266 e. The summed E-state index contributed by atoms with van der Waals surface area (Å²) in [6, 6.07) is 19.1. The molecule has 4 rings (SSSR count). The summed E-state index contributed by atoms with van der Waals surface area (Å²) in [6.45, 7) is 7.95. The van der Waals surface area contributed by atoms with Gasteiger partial charge in [-0.05, 0) is 68.1 Å². The second kappa shape index (κ2) is 9.01. The first kappa shape index (κ1) is 21.8. The standard InChI is InChI=1S/C26H25N3O2S/c1-16-9-8-14-22(19(16)4)29-25(31)20-12-5-6-13-21(20)27-26(29)32-15-23(30)28-24-17(2)10-7-11-18(24)3/h5-14H,15H2,1-4H3,(H,28,30). The largest absolute Gasteiger partial charge is 0.325 e. The van der Waals surface area contributed by atoms with Gasteiger partial charge in [-0.15, -0.1) is 0 Å². The Morgan fingerprint density at radius 3 is 2.31 bits per heavy atom. The van der Waals surface area contributed by atoms with Crippen LogP contribution in [0.4, 0.5) is 5.69 Å². The molecule has 1 heterocycles. The molecule has 3 aromatic carbocycles. The van der Waals surface area contributed by atoms with Crippen LogP contribution in [-0.4, -0.2) is 21.2 Å². The van der Waals surface area contributed by atoms with Crippen molar-refractivity contribution in [3.05, 3.63) is 93.3 Å². The molecule has 6 heteroatoms. The highest BCUT2D eigenvalue weighted by Crippen LogP contribution is 2.25. The number of rotatable bonds is 5. The fourth-order valence-corrected chi connectivity index (χ4v) is 4.52. The number of anilines is 1. The van der Waals surface area contributed by atoms with Crippen LogP contribution in [0, 0.1) is 27.7 Å². The van der Waals surface area contributed by atoms with Gasteiger partial charge < -0.3 is 5.32 Å². The lowest BCUT2D eigenvalue weighted by atomic mass is 10.1. The summed E-state index contributed by atoms with van der Waals surface area (Å²) >= 11 is 1.26. The van der Waals surface area contributed by atoms with E-state index in [2.05, 4.69) is 5.32 Å². The van der Waals surface area contributed by atoms with Crippen molar-refractivity contribution in [2.24, 2.45) is 0 Å². The average molecular weight is 444 g/mol. The minimum atomic E-state index is -0.137. The van der Waals surface area contributed by atoms with Crippen molar-refractivity contribution in [1.82, 2.24) is 9.55 Å². The molecule has 32 heavy (non-hydrogen) atoms. The van der Waals surface area contributed by atoms with Crippen LogP contribution < -0.4 is 10.9 Å². The number of nitrogens with zero attached hydrogens (tertiary/aromatic N) is 2. The van der Waals surface area contributed by atoms with Crippen LogP contribution in [0.1, 0.15) is 22.3 Å². The summed E-state index contributed by atoms with van der Waals surface area (Å²) in [6.07, 6.45) is 0. The average Bonchev–Trinajstić information content (AvgIpc) is 2.77. The van der Waals surface area contributed by atoms with Gasteiger partial charge in [-0.25, -0.2) is 4.98 Å². The molecule has 0 unspecified atom stereocenters. The van der Waals surface area contributed by atoms with E-state index in [1.54, 1.807) is 10.6 Å². The molecule has 1 amide bonds. The molecule has 0 aliphatic carbocycles. The number of aromatic nitrogens is 2. The first-order valence-electron chi connectivity index (χ1n) is 10.4. The van der Waals surface area contributed by atoms with Gasteiger partial charge in [0.1, 0.15) is 0 Å². The molecule has 0 bridgehead atoms. The number of thioether (sulfide) groups is 1. The van der Waals surface area contributed by atoms with Gasteiger partial charge in [-0.1, -0.05) is 54.2 Å². The van der Waals surface area contributed by atoms with E-state index in [1.807, 2.05) is 82.3 Å². The van der Waals surface area contributed by atoms with Gasteiger partial charge in [0, 0.05) is 5.69 Å². The molecular weight excluding hydrogens is 418 g/mol. The SMILES string of the molecule is Cc1cccc(-n2c(SCC(=O)Nc3c(C)cccc3C)nc3ccccc3c2=O)c1C. The van der Waals surface area contributed by atoms with E-state index in [0.29, 0.717) is 16.1 Å². The molecule has 4 aromatic rings. The fraction of sp³-hybridized carbons (Fsp3) is 0.192. The Labute approximate surface area is 191 Å². The molecule has 0 aliphatic heterocycles. The summed E-state index contributed by atoms with van der Waals surface area (Å²) in [5.41, 5.74) is 6.22. The van der Waals surface area contributed by atoms with Gasteiger partial charge in [-0.3, -0.25) is 14.2 Å². The third-order valence-electron chi connectivity index (χ3n) is 5.64. The van der Waals surface area contributed by atoms with Crippen LogP contribution in [0.15, 0.2) is 70.6 Å². The third-order valence-corrected chi connectivity index (χ3v) is 6.58. The lowest BCUT2D eigenvalue weighted by Gasteiger charge is -2.16. The van der Waals surface area contributed by atoms with Gasteiger partial charge in [0.05, 0.1) is 22.3 Å². The van der Waals surface area contributed by atoms with Gasteiger partial charge in [0.2, 0.25) is 5.91 Å². The fourth-order valence-electron chi connectivity index (χ4n) is 3.72. The van der Waals surface area contributed by atoms with Crippen molar-refractivity contribution in [2.75, 3.05) is 11.1 Å². The Hall–Kier alpha value is -3.38. The Bertz CT molecular complexity index is 1370. The monoisotopic (exact) mass is 443 g/mol. The quantitative estimate of drug-likeness (QED) is 0.334. The Morgan fingerprint density at radius 1 is 0.906 bits per heavy atom. The topological polar surface area (TPSA) is 64.0 Å². The van der Waals surface area contributed by atoms with Gasteiger partial charge in [0.25, 0.3) is 5.56 Å². The maximum atomic E-state index is 13.4. The third kappa shape index (κ3) is 4.18. The molecule has 0 saturated carbocycles. The van der Waals surface area contributed by atoms with Crippen molar-refractivity contribution in [3.8, 4) is 5.69 Å². The number of nitrogens with one attached hydrogen (secondary N) is 1. The lowest BCUT2D eigenvalue weighted by molar-refractivity contribution is -0.113. The summed E-state index contributed by atoms with van der Waals surface area (Å²) in [5, 5.41) is 4.06. The van der Waals surface area contributed by atoms with Crippen molar-refractivity contribution in [3.63, 3.8) is 0 Å². The van der Waals surface area contributed by atoms with Crippen LogP contribution >= 0.6 is 11.8 Å². The number of aryl methyl sites for hydroxylation is 3. The first-order valence-corrected chi connectivity index (χ1v) is 11.4. The van der Waals surface area contributed by atoms with Crippen molar-refractivity contribution >= 4 is 34.3 Å². The number of hydrogen-bond donors (Lipinski definition) is 1. The number of benzene rings is 3. The Balaban J connectivity index is 1.72. The molecule has 0 radical (unpaired) electrons. The van der Waals surface area contributed by atoms with Crippen LogP contribution in [0.25, 0.3) is 16.6 Å². The highest BCUT2D eigenvalue weighted by Gasteiger charge is 2.17. The number of para-hydroxylation sites is 2. The second-order valence-electron chi connectivity index (χ2n) is 7.87. The molecule has 0 spiro atoms. The minimum Gasteiger partial charge on any atom is -0.325 e. The number of carbonyl (C=O) groups is 1. The molecule has 0 saturated heterocycles. The first-order chi connectivity index (χ1) is 15.4. The van der Waals surface area contributed by atoms with Crippen LogP contribution in [-0.2, 0) is 4.79 Å². The van der Waals surface area contributed by atoms with Crippen molar-refractivity contribution < 1.29 is 4.79 Å².